The SMILES string of the molecule is N#CCC1CCCCCC1F. The Balaban J connectivity index is 2.40. The van der Waals surface area contributed by atoms with Gasteiger partial charge in [0, 0.05) is 12.3 Å². The zero-order valence-electron chi connectivity index (χ0n) is 6.72. The van der Waals surface area contributed by atoms with Gasteiger partial charge in [-0.25, -0.2) is 4.39 Å². The predicted molar refractivity (Wildman–Crippen MR) is 41.7 cm³/mol. The molecule has 0 N–H and O–H groups in total. The molecule has 2 heteroatoms. The molecule has 0 bridgehead atoms. The van der Waals surface area contributed by atoms with Crippen LogP contribution in [0.25, 0.3) is 0 Å². The quantitative estimate of drug-likeness (QED) is 0.534. The third-order valence-corrected chi connectivity index (χ3v) is 2.42. The van der Waals surface area contributed by atoms with Crippen LogP contribution in [0.4, 0.5) is 4.39 Å². The summed E-state index contributed by atoms with van der Waals surface area (Å²) in [4.78, 5) is 0. The van der Waals surface area contributed by atoms with E-state index in [0.29, 0.717) is 12.8 Å². The highest BCUT2D eigenvalue weighted by Gasteiger charge is 2.22. The molecular weight excluding hydrogens is 141 g/mol. The maximum Gasteiger partial charge on any atom is 0.104 e. The Labute approximate surface area is 67.2 Å². The number of nitrogens with zero attached hydrogens (tertiary/aromatic N) is 1. The molecule has 0 aromatic heterocycles. The lowest BCUT2D eigenvalue weighted by atomic mass is 9.96. The standard InChI is InChI=1S/C9H14FN/c10-9-5-3-1-2-4-8(9)6-7-11/h8-9H,1-6H2. The van der Waals surface area contributed by atoms with Crippen molar-refractivity contribution in [2.24, 2.45) is 5.92 Å². The van der Waals surface area contributed by atoms with E-state index in [2.05, 4.69) is 6.07 Å². The number of hydrogen-bond acceptors (Lipinski definition) is 1. The van der Waals surface area contributed by atoms with Crippen molar-refractivity contribution in [3.05, 3.63) is 0 Å². The van der Waals surface area contributed by atoms with E-state index in [9.17, 15) is 4.39 Å². The predicted octanol–water partition coefficient (Wildman–Crippen LogP) is 2.82. The molecule has 0 amide bonds. The van der Waals surface area contributed by atoms with Gasteiger partial charge in [-0.1, -0.05) is 19.3 Å². The molecule has 62 valence electrons. The summed E-state index contributed by atoms with van der Waals surface area (Å²) in [5.74, 6) is 0.0301. The van der Waals surface area contributed by atoms with Gasteiger partial charge >= 0.3 is 0 Å². The molecule has 1 rings (SSSR count). The van der Waals surface area contributed by atoms with Crippen LogP contribution in [0.5, 0.6) is 0 Å². The zero-order valence-corrected chi connectivity index (χ0v) is 6.72. The van der Waals surface area contributed by atoms with Gasteiger partial charge in [-0.05, 0) is 12.8 Å². The molecule has 0 aromatic rings. The van der Waals surface area contributed by atoms with Crippen molar-refractivity contribution in [1.82, 2.24) is 0 Å². The third kappa shape index (κ3) is 2.49. The van der Waals surface area contributed by atoms with Crippen LogP contribution in [0.15, 0.2) is 0 Å². The van der Waals surface area contributed by atoms with Gasteiger partial charge in [0.15, 0.2) is 0 Å². The lowest BCUT2D eigenvalue weighted by molar-refractivity contribution is 0.217. The average molecular weight is 155 g/mol. The van der Waals surface area contributed by atoms with Crippen molar-refractivity contribution >= 4 is 0 Å². The molecule has 2 atom stereocenters. The summed E-state index contributed by atoms with van der Waals surface area (Å²) in [6.45, 7) is 0. The van der Waals surface area contributed by atoms with E-state index < -0.39 is 6.17 Å². The van der Waals surface area contributed by atoms with Gasteiger partial charge in [0.05, 0.1) is 6.07 Å². The van der Waals surface area contributed by atoms with Gasteiger partial charge in [0.2, 0.25) is 0 Å². The van der Waals surface area contributed by atoms with Crippen LogP contribution in [0.2, 0.25) is 0 Å². The Bertz CT molecular complexity index is 150. The first kappa shape index (κ1) is 8.52. The summed E-state index contributed by atoms with van der Waals surface area (Å²) < 4.78 is 13.1. The Hall–Kier alpha value is -0.580. The van der Waals surface area contributed by atoms with Crippen molar-refractivity contribution in [1.29, 1.82) is 5.26 Å². The maximum absolute atomic E-state index is 13.1. The molecule has 1 aliphatic rings. The fourth-order valence-electron chi connectivity index (χ4n) is 1.69. The molecule has 0 radical (unpaired) electrons. The Kier molecular flexibility index (Phi) is 3.35. The number of rotatable bonds is 1. The van der Waals surface area contributed by atoms with Gasteiger partial charge in [0.1, 0.15) is 6.17 Å². The van der Waals surface area contributed by atoms with E-state index in [0.717, 1.165) is 25.7 Å². The van der Waals surface area contributed by atoms with Crippen LogP contribution in [0.3, 0.4) is 0 Å². The molecule has 0 aliphatic heterocycles. The van der Waals surface area contributed by atoms with Crippen molar-refractivity contribution in [3.8, 4) is 6.07 Å². The minimum atomic E-state index is -0.711. The second-order valence-corrected chi connectivity index (χ2v) is 3.28. The van der Waals surface area contributed by atoms with Gasteiger partial charge in [0.25, 0.3) is 0 Å². The largest absolute Gasteiger partial charge is 0.247 e. The summed E-state index contributed by atoms with van der Waals surface area (Å²) >= 11 is 0. The van der Waals surface area contributed by atoms with E-state index in [1.54, 1.807) is 0 Å². The molecule has 2 unspecified atom stereocenters. The fourth-order valence-corrected chi connectivity index (χ4v) is 1.69. The van der Waals surface area contributed by atoms with Crippen molar-refractivity contribution in [2.45, 2.75) is 44.7 Å². The first-order chi connectivity index (χ1) is 5.34. The zero-order chi connectivity index (χ0) is 8.10. The van der Waals surface area contributed by atoms with Crippen LogP contribution >= 0.6 is 0 Å². The van der Waals surface area contributed by atoms with Gasteiger partial charge in [-0.3, -0.25) is 0 Å². The summed E-state index contributed by atoms with van der Waals surface area (Å²) in [7, 11) is 0. The molecular formula is C9H14FN. The lowest BCUT2D eigenvalue weighted by Gasteiger charge is -2.13. The number of nitriles is 1. The highest BCUT2D eigenvalue weighted by atomic mass is 19.1. The van der Waals surface area contributed by atoms with Crippen LogP contribution < -0.4 is 0 Å². The second kappa shape index (κ2) is 4.33. The van der Waals surface area contributed by atoms with Crippen LogP contribution in [0, 0.1) is 17.2 Å². The molecule has 1 aliphatic carbocycles. The lowest BCUT2D eigenvalue weighted by Crippen LogP contribution is -2.13. The molecule has 1 nitrogen and oxygen atoms in total. The van der Waals surface area contributed by atoms with E-state index in [1.165, 1.54) is 0 Å². The number of alkyl halides is 1. The van der Waals surface area contributed by atoms with Crippen LogP contribution in [0.1, 0.15) is 38.5 Å². The molecule has 0 saturated heterocycles. The molecule has 1 fully saturated rings. The summed E-state index contributed by atoms with van der Waals surface area (Å²) in [5.41, 5.74) is 0. The molecule has 0 aromatic carbocycles. The monoisotopic (exact) mass is 155 g/mol. The van der Waals surface area contributed by atoms with Crippen molar-refractivity contribution in [2.75, 3.05) is 0 Å². The summed E-state index contributed by atoms with van der Waals surface area (Å²) in [6.07, 6.45) is 4.53. The second-order valence-electron chi connectivity index (χ2n) is 3.28. The minimum Gasteiger partial charge on any atom is -0.247 e. The van der Waals surface area contributed by atoms with Crippen LogP contribution in [-0.4, -0.2) is 6.17 Å². The van der Waals surface area contributed by atoms with Gasteiger partial charge < -0.3 is 0 Å². The minimum absolute atomic E-state index is 0.0301. The fraction of sp³-hybridized carbons (Fsp3) is 0.889. The van der Waals surface area contributed by atoms with E-state index in [-0.39, 0.29) is 5.92 Å². The third-order valence-electron chi connectivity index (χ3n) is 2.42. The molecule has 1 saturated carbocycles. The molecule has 0 heterocycles. The van der Waals surface area contributed by atoms with E-state index in [4.69, 9.17) is 5.26 Å². The van der Waals surface area contributed by atoms with E-state index >= 15 is 0 Å². The first-order valence-electron chi connectivity index (χ1n) is 4.35. The summed E-state index contributed by atoms with van der Waals surface area (Å²) in [5, 5.41) is 8.41. The Morgan fingerprint density at radius 3 is 2.73 bits per heavy atom. The number of halogens is 1. The maximum atomic E-state index is 13.1. The summed E-state index contributed by atoms with van der Waals surface area (Å²) in [6, 6.07) is 2.06. The Morgan fingerprint density at radius 1 is 1.27 bits per heavy atom. The average Bonchev–Trinajstić information content (AvgIpc) is 2.18. The van der Waals surface area contributed by atoms with Gasteiger partial charge in [-0.15, -0.1) is 0 Å². The molecule has 0 spiro atoms. The normalized spacial score (nSPS) is 32.4. The number of hydrogen-bond donors (Lipinski definition) is 0. The highest BCUT2D eigenvalue weighted by molar-refractivity contribution is 4.82. The van der Waals surface area contributed by atoms with E-state index in [1.807, 2.05) is 0 Å². The first-order valence-corrected chi connectivity index (χ1v) is 4.35. The van der Waals surface area contributed by atoms with Crippen molar-refractivity contribution < 1.29 is 4.39 Å². The highest BCUT2D eigenvalue weighted by Crippen LogP contribution is 2.27. The Morgan fingerprint density at radius 2 is 2.00 bits per heavy atom. The molecule has 11 heavy (non-hydrogen) atoms. The van der Waals surface area contributed by atoms with Crippen molar-refractivity contribution in [3.63, 3.8) is 0 Å². The van der Waals surface area contributed by atoms with Crippen LogP contribution in [-0.2, 0) is 0 Å². The van der Waals surface area contributed by atoms with Gasteiger partial charge in [-0.2, -0.15) is 5.26 Å². The smallest absolute Gasteiger partial charge is 0.104 e. The topological polar surface area (TPSA) is 23.8 Å².